The molecule has 2 N–H and O–H groups in total. The van der Waals surface area contributed by atoms with E-state index in [2.05, 4.69) is 15.6 Å². The number of pyridine rings is 1. The molecule has 0 saturated heterocycles. The number of hydrogen-bond donors (Lipinski definition) is 2. The van der Waals surface area contributed by atoms with Gasteiger partial charge in [0.1, 0.15) is 0 Å². The van der Waals surface area contributed by atoms with Crippen molar-refractivity contribution in [3.63, 3.8) is 0 Å². The summed E-state index contributed by atoms with van der Waals surface area (Å²) in [6, 6.07) is 18.7. The number of carbonyl (C=O) groups is 2. The maximum atomic E-state index is 12.0. The minimum Gasteiger partial charge on any atom is -0.348 e. The van der Waals surface area contributed by atoms with E-state index < -0.39 is 0 Å². The molecule has 0 aliphatic carbocycles. The van der Waals surface area contributed by atoms with Crippen LogP contribution in [0.25, 0.3) is 6.08 Å². The Bertz CT molecular complexity index is 963. The van der Waals surface area contributed by atoms with Crippen molar-refractivity contribution in [3.05, 3.63) is 101 Å². The highest BCUT2D eigenvalue weighted by molar-refractivity contribution is 6.01. The molecule has 3 aromatic rings. The number of nitrogens with one attached hydrogen (secondary N) is 2. The molecule has 0 spiro atoms. The topological polar surface area (TPSA) is 71.1 Å². The van der Waals surface area contributed by atoms with Crippen LogP contribution >= 0.6 is 0 Å². The summed E-state index contributed by atoms with van der Waals surface area (Å²) in [5.41, 5.74) is 4.30. The lowest BCUT2D eigenvalue weighted by Crippen LogP contribution is -2.22. The smallest absolute Gasteiger partial charge is 0.253 e. The molecule has 2 amide bonds. The molecule has 0 aliphatic rings. The van der Waals surface area contributed by atoms with E-state index in [0.29, 0.717) is 17.8 Å². The van der Waals surface area contributed by atoms with Gasteiger partial charge in [0.05, 0.1) is 5.56 Å². The number of aromatic nitrogens is 1. The molecule has 5 heteroatoms. The summed E-state index contributed by atoms with van der Waals surface area (Å²) in [5, 5.41) is 5.66. The Balaban J connectivity index is 1.50. The first-order chi connectivity index (χ1) is 13.6. The molecule has 0 fully saturated rings. The zero-order valence-electron chi connectivity index (χ0n) is 15.6. The second-order valence-electron chi connectivity index (χ2n) is 6.35. The third-order valence-corrected chi connectivity index (χ3v) is 4.10. The number of amides is 2. The summed E-state index contributed by atoms with van der Waals surface area (Å²) in [6.07, 6.45) is 6.43. The van der Waals surface area contributed by atoms with Crippen molar-refractivity contribution in [2.75, 3.05) is 5.32 Å². The second-order valence-corrected chi connectivity index (χ2v) is 6.35. The Kier molecular flexibility index (Phi) is 6.31. The average molecular weight is 371 g/mol. The largest absolute Gasteiger partial charge is 0.348 e. The van der Waals surface area contributed by atoms with Crippen LogP contribution in [0.15, 0.2) is 79.1 Å². The maximum absolute atomic E-state index is 12.0. The molecule has 0 saturated carbocycles. The summed E-state index contributed by atoms with van der Waals surface area (Å²) in [4.78, 5) is 28.0. The van der Waals surface area contributed by atoms with Crippen molar-refractivity contribution in [2.45, 2.75) is 13.5 Å². The van der Waals surface area contributed by atoms with Crippen LogP contribution in [-0.4, -0.2) is 16.8 Å². The minimum absolute atomic E-state index is 0.174. The Hall–Kier alpha value is -3.73. The lowest BCUT2D eigenvalue weighted by Gasteiger charge is -2.07. The van der Waals surface area contributed by atoms with E-state index in [-0.39, 0.29) is 11.8 Å². The Morgan fingerprint density at radius 1 is 1.00 bits per heavy atom. The van der Waals surface area contributed by atoms with Crippen LogP contribution in [0, 0.1) is 6.92 Å². The van der Waals surface area contributed by atoms with Crippen molar-refractivity contribution < 1.29 is 9.59 Å². The van der Waals surface area contributed by atoms with E-state index in [1.165, 1.54) is 17.8 Å². The lowest BCUT2D eigenvalue weighted by atomic mass is 10.1. The molecule has 140 valence electrons. The molecule has 1 heterocycles. The number of benzene rings is 2. The third-order valence-electron chi connectivity index (χ3n) is 4.10. The van der Waals surface area contributed by atoms with Gasteiger partial charge in [-0.05, 0) is 48.4 Å². The van der Waals surface area contributed by atoms with Crippen LogP contribution < -0.4 is 10.6 Å². The number of aryl methyl sites for hydroxylation is 1. The first kappa shape index (κ1) is 19.0. The molecule has 3 rings (SSSR count). The molecule has 0 aliphatic heterocycles. The number of anilines is 1. The highest BCUT2D eigenvalue weighted by atomic mass is 16.2. The zero-order chi connectivity index (χ0) is 19.8. The molecule has 2 aromatic carbocycles. The molecular weight excluding hydrogens is 350 g/mol. The van der Waals surface area contributed by atoms with Crippen LogP contribution in [0.1, 0.15) is 27.0 Å². The summed E-state index contributed by atoms with van der Waals surface area (Å²) in [5.74, 6) is -0.370. The summed E-state index contributed by atoms with van der Waals surface area (Å²) < 4.78 is 0. The van der Waals surface area contributed by atoms with Gasteiger partial charge in [-0.3, -0.25) is 14.6 Å². The van der Waals surface area contributed by atoms with Crippen LogP contribution in [0.2, 0.25) is 0 Å². The predicted molar refractivity (Wildman–Crippen MR) is 111 cm³/mol. The van der Waals surface area contributed by atoms with E-state index in [9.17, 15) is 9.59 Å². The van der Waals surface area contributed by atoms with E-state index in [1.54, 1.807) is 24.4 Å². The van der Waals surface area contributed by atoms with Gasteiger partial charge in [-0.25, -0.2) is 0 Å². The van der Waals surface area contributed by atoms with Gasteiger partial charge < -0.3 is 10.6 Å². The standard InChI is InChI=1S/C23H21N3O2/c1-17-4-6-18(7-5-17)10-13-22(27)26-21-11-8-19(9-12-21)15-25-23(28)20-3-2-14-24-16-20/h2-14,16H,15H2,1H3,(H,25,28)(H,26,27)/b13-10+. The first-order valence-corrected chi connectivity index (χ1v) is 8.93. The Morgan fingerprint density at radius 2 is 1.75 bits per heavy atom. The first-order valence-electron chi connectivity index (χ1n) is 8.93. The van der Waals surface area contributed by atoms with Crippen molar-refractivity contribution in [2.24, 2.45) is 0 Å². The molecule has 1 aromatic heterocycles. The van der Waals surface area contributed by atoms with E-state index in [4.69, 9.17) is 0 Å². The van der Waals surface area contributed by atoms with E-state index in [0.717, 1.165) is 11.1 Å². The van der Waals surface area contributed by atoms with Crippen LogP contribution in [0.3, 0.4) is 0 Å². The normalized spacial score (nSPS) is 10.6. The highest BCUT2D eigenvalue weighted by Crippen LogP contribution is 2.11. The van der Waals surface area contributed by atoms with Crippen LogP contribution in [-0.2, 0) is 11.3 Å². The highest BCUT2D eigenvalue weighted by Gasteiger charge is 2.05. The Morgan fingerprint density at radius 3 is 2.43 bits per heavy atom. The zero-order valence-corrected chi connectivity index (χ0v) is 15.6. The van der Waals surface area contributed by atoms with Crippen molar-refractivity contribution in [3.8, 4) is 0 Å². The molecule has 0 bridgehead atoms. The van der Waals surface area contributed by atoms with Gasteiger partial charge in [0.25, 0.3) is 5.91 Å². The van der Waals surface area contributed by atoms with Gasteiger partial charge in [0.15, 0.2) is 0 Å². The monoisotopic (exact) mass is 371 g/mol. The van der Waals surface area contributed by atoms with Gasteiger partial charge in [0, 0.05) is 30.7 Å². The predicted octanol–water partition coefficient (Wildman–Crippen LogP) is 3.97. The van der Waals surface area contributed by atoms with Gasteiger partial charge in [0.2, 0.25) is 5.91 Å². The summed E-state index contributed by atoms with van der Waals surface area (Å²) >= 11 is 0. The van der Waals surface area contributed by atoms with Gasteiger partial charge in [-0.2, -0.15) is 0 Å². The molecule has 0 unspecified atom stereocenters. The molecule has 0 radical (unpaired) electrons. The van der Waals surface area contributed by atoms with E-state index in [1.807, 2.05) is 55.5 Å². The SMILES string of the molecule is Cc1ccc(/C=C/C(=O)Nc2ccc(CNC(=O)c3cccnc3)cc2)cc1. The molecule has 0 atom stereocenters. The molecule has 28 heavy (non-hydrogen) atoms. The molecule has 5 nitrogen and oxygen atoms in total. The second kappa shape index (κ2) is 9.28. The van der Waals surface area contributed by atoms with Gasteiger partial charge in [-0.15, -0.1) is 0 Å². The van der Waals surface area contributed by atoms with Gasteiger partial charge in [-0.1, -0.05) is 42.0 Å². The summed E-state index contributed by atoms with van der Waals surface area (Å²) in [7, 11) is 0. The number of carbonyl (C=O) groups excluding carboxylic acids is 2. The molecular formula is C23H21N3O2. The summed E-state index contributed by atoms with van der Waals surface area (Å²) in [6.45, 7) is 2.42. The van der Waals surface area contributed by atoms with E-state index >= 15 is 0 Å². The minimum atomic E-state index is -0.196. The fraction of sp³-hybridized carbons (Fsp3) is 0.0870. The number of hydrogen-bond acceptors (Lipinski definition) is 3. The van der Waals surface area contributed by atoms with Crippen molar-refractivity contribution >= 4 is 23.6 Å². The van der Waals surface area contributed by atoms with Crippen molar-refractivity contribution in [1.82, 2.24) is 10.3 Å². The maximum Gasteiger partial charge on any atom is 0.253 e. The lowest BCUT2D eigenvalue weighted by molar-refractivity contribution is -0.111. The van der Waals surface area contributed by atoms with Crippen LogP contribution in [0.4, 0.5) is 5.69 Å². The number of nitrogens with zero attached hydrogens (tertiary/aromatic N) is 1. The third kappa shape index (κ3) is 5.64. The fourth-order valence-electron chi connectivity index (χ4n) is 2.52. The number of rotatable bonds is 6. The Labute approximate surface area is 164 Å². The fourth-order valence-corrected chi connectivity index (χ4v) is 2.52. The van der Waals surface area contributed by atoms with Crippen molar-refractivity contribution in [1.29, 1.82) is 0 Å². The average Bonchev–Trinajstić information content (AvgIpc) is 2.73. The quantitative estimate of drug-likeness (QED) is 0.644. The van der Waals surface area contributed by atoms with Crippen LogP contribution in [0.5, 0.6) is 0 Å². The van der Waals surface area contributed by atoms with Gasteiger partial charge >= 0.3 is 0 Å².